The number of pyridine rings is 2. The number of hydrogen-bond donors (Lipinski definition) is 4. The molecule has 0 bridgehead atoms. The summed E-state index contributed by atoms with van der Waals surface area (Å²) in [6.45, 7) is 7.47. The predicted octanol–water partition coefficient (Wildman–Crippen LogP) is 2.32. The van der Waals surface area contributed by atoms with Gasteiger partial charge in [-0.25, -0.2) is 9.97 Å². The average molecular weight is 848 g/mol. The molecule has 0 radical (unpaired) electrons. The topological polar surface area (TPSA) is 230 Å². The molecule has 19 nitrogen and oxygen atoms in total. The van der Waals surface area contributed by atoms with E-state index in [-0.39, 0.29) is 72.6 Å². The van der Waals surface area contributed by atoms with Gasteiger partial charge in [-0.15, -0.1) is 0 Å². The molecule has 0 spiro atoms. The summed E-state index contributed by atoms with van der Waals surface area (Å²) in [4.78, 5) is 108. The van der Waals surface area contributed by atoms with Crippen molar-refractivity contribution in [1.82, 2.24) is 40.0 Å². The summed E-state index contributed by atoms with van der Waals surface area (Å²) in [5.41, 5.74) is 2.77. The van der Waals surface area contributed by atoms with Crippen LogP contribution in [0.4, 0.5) is 23.1 Å². The summed E-state index contributed by atoms with van der Waals surface area (Å²) in [5, 5.41) is 12.1. The molecule has 4 aliphatic rings. The Hall–Kier alpha value is -6.60. The Bertz CT molecular complexity index is 2490. The lowest BCUT2D eigenvalue weighted by Gasteiger charge is -2.35. The molecule has 4 N–H and O–H groups in total. The highest BCUT2D eigenvalue weighted by Crippen LogP contribution is 2.34. The number of piperazine rings is 1. The fourth-order valence-electron chi connectivity index (χ4n) is 8.78. The Balaban J connectivity index is 0.753. The van der Waals surface area contributed by atoms with Crippen LogP contribution in [0, 0.1) is 6.92 Å². The Morgan fingerprint density at radius 1 is 0.903 bits per heavy atom. The molecule has 6 heterocycles. The second-order valence-electron chi connectivity index (χ2n) is 16.0. The van der Waals surface area contributed by atoms with Crippen molar-refractivity contribution in [3.8, 4) is 0 Å². The van der Waals surface area contributed by atoms with E-state index in [4.69, 9.17) is 9.72 Å². The molecule has 4 aromatic rings. The molecule has 1 saturated carbocycles. The number of imide groups is 2. The minimum absolute atomic E-state index is 0.0145. The number of ketones is 1. The number of aryl methyl sites for hydroxylation is 1. The van der Waals surface area contributed by atoms with Crippen LogP contribution in [-0.4, -0.2) is 130 Å². The average Bonchev–Trinajstić information content (AvgIpc) is 3.87. The van der Waals surface area contributed by atoms with Crippen molar-refractivity contribution in [2.75, 3.05) is 74.6 Å². The van der Waals surface area contributed by atoms with Gasteiger partial charge >= 0.3 is 0 Å². The van der Waals surface area contributed by atoms with Crippen molar-refractivity contribution in [3.05, 3.63) is 75.3 Å². The van der Waals surface area contributed by atoms with E-state index in [1.54, 1.807) is 36.0 Å². The number of nitrogens with one attached hydrogen (secondary N) is 4. The first kappa shape index (κ1) is 42.1. The van der Waals surface area contributed by atoms with Crippen LogP contribution in [0.3, 0.4) is 0 Å². The number of fused-ring (bicyclic) bond motifs is 2. The minimum atomic E-state index is -1.04. The lowest BCUT2D eigenvalue weighted by Crippen LogP contribution is -2.54. The largest absolute Gasteiger partial charge is 0.382 e. The van der Waals surface area contributed by atoms with E-state index in [0.29, 0.717) is 73.3 Å². The summed E-state index contributed by atoms with van der Waals surface area (Å²) < 4.78 is 7.37. The molecule has 1 unspecified atom stereocenters. The molecule has 1 atom stereocenters. The lowest BCUT2D eigenvalue weighted by molar-refractivity contribution is -0.136. The molecule has 1 aliphatic carbocycles. The van der Waals surface area contributed by atoms with Gasteiger partial charge in [-0.1, -0.05) is 18.9 Å². The van der Waals surface area contributed by atoms with Crippen molar-refractivity contribution in [3.63, 3.8) is 0 Å². The zero-order chi connectivity index (χ0) is 43.5. The second-order valence-corrected chi connectivity index (χ2v) is 16.0. The molecule has 3 aliphatic heterocycles. The van der Waals surface area contributed by atoms with Crippen molar-refractivity contribution in [2.24, 2.45) is 0 Å². The number of aromatic nitrogens is 4. The highest BCUT2D eigenvalue weighted by atomic mass is 16.5. The molecule has 62 heavy (non-hydrogen) atoms. The monoisotopic (exact) mass is 847 g/mol. The van der Waals surface area contributed by atoms with Crippen molar-refractivity contribution in [1.29, 1.82) is 0 Å². The molecule has 5 amide bonds. The van der Waals surface area contributed by atoms with Gasteiger partial charge in [0.25, 0.3) is 17.4 Å². The van der Waals surface area contributed by atoms with Gasteiger partial charge in [0.15, 0.2) is 5.78 Å². The van der Waals surface area contributed by atoms with Gasteiger partial charge in [0.2, 0.25) is 23.7 Å². The van der Waals surface area contributed by atoms with Crippen LogP contribution in [-0.2, 0) is 19.1 Å². The molecule has 3 aromatic heterocycles. The molecule has 3 fully saturated rings. The maximum atomic E-state index is 13.6. The van der Waals surface area contributed by atoms with E-state index < -0.39 is 29.7 Å². The summed E-state index contributed by atoms with van der Waals surface area (Å²) >= 11 is 0. The van der Waals surface area contributed by atoms with Gasteiger partial charge in [-0.05, 0) is 62.9 Å². The number of piperidine rings is 1. The van der Waals surface area contributed by atoms with Crippen molar-refractivity contribution >= 4 is 69.5 Å². The zero-order valence-electron chi connectivity index (χ0n) is 34.7. The van der Waals surface area contributed by atoms with E-state index in [9.17, 15) is 33.6 Å². The number of ether oxygens (including phenoxy) is 1. The summed E-state index contributed by atoms with van der Waals surface area (Å²) in [6, 6.07) is 7.64. The quantitative estimate of drug-likeness (QED) is 0.0765. The summed E-state index contributed by atoms with van der Waals surface area (Å²) in [6.07, 6.45) is 7.34. The SMILES string of the molecule is CC(=O)c1c(C)c2cnc(Nc3ccc(N4CCN(CC(=O)NCCOCCNc5cccc6c5C(=O)N(C5CCC(=O)NC5=O)C6=O)CC4)cn3)nc2n(C2CCCC2)c1=O. The molecule has 2 saturated heterocycles. The van der Waals surface area contributed by atoms with E-state index in [1.807, 2.05) is 12.1 Å². The first-order chi connectivity index (χ1) is 30.0. The third-order valence-corrected chi connectivity index (χ3v) is 11.9. The molecule has 19 heteroatoms. The fourth-order valence-corrected chi connectivity index (χ4v) is 8.78. The molecule has 8 rings (SSSR count). The standard InChI is InChI=1S/C43H49N11O8/c1-25-30-23-47-43(50-38(30)53(27-6-3-4-7-27)41(60)36(25)26(2)55)48-33-12-10-28(22-46-33)52-18-16-51(17-19-52)24-35(57)45-15-21-62-20-14-44-31-9-5-8-29-37(31)42(61)54(40(29)59)32-11-13-34(56)49-39(32)58/h5,8-10,12,22-23,27,32,44H,3-4,6-7,11,13-21,24H2,1-2H3,(H,45,57)(H,49,56,58)(H,46,47,48,50). The molecular formula is C43H49N11O8. The Labute approximate surface area is 356 Å². The highest BCUT2D eigenvalue weighted by molar-refractivity contribution is 6.25. The number of hydrogen-bond acceptors (Lipinski definition) is 15. The Kier molecular flexibility index (Phi) is 12.3. The van der Waals surface area contributed by atoms with E-state index in [0.717, 1.165) is 36.3 Å². The number of benzene rings is 1. The van der Waals surface area contributed by atoms with Crippen LogP contribution in [0.1, 0.15) is 88.1 Å². The van der Waals surface area contributed by atoms with Crippen LogP contribution in [0.25, 0.3) is 11.0 Å². The van der Waals surface area contributed by atoms with Crippen LogP contribution >= 0.6 is 0 Å². The van der Waals surface area contributed by atoms with Crippen LogP contribution in [0.15, 0.2) is 47.5 Å². The number of carbonyl (C=O) groups excluding carboxylic acids is 6. The van der Waals surface area contributed by atoms with Crippen molar-refractivity contribution in [2.45, 2.75) is 64.5 Å². The zero-order valence-corrected chi connectivity index (χ0v) is 34.7. The van der Waals surface area contributed by atoms with Gasteiger partial charge in [-0.2, -0.15) is 4.98 Å². The van der Waals surface area contributed by atoms with E-state index in [1.165, 1.54) is 13.0 Å². The first-order valence-corrected chi connectivity index (χ1v) is 21.0. The smallest absolute Gasteiger partial charge is 0.264 e. The molecule has 324 valence electrons. The van der Waals surface area contributed by atoms with Gasteiger partial charge < -0.3 is 25.6 Å². The van der Waals surface area contributed by atoms with Gasteiger partial charge in [0, 0.05) is 69.0 Å². The van der Waals surface area contributed by atoms with Crippen LogP contribution in [0.2, 0.25) is 0 Å². The maximum Gasteiger partial charge on any atom is 0.264 e. The lowest BCUT2D eigenvalue weighted by atomic mass is 10.0. The van der Waals surface area contributed by atoms with Crippen molar-refractivity contribution < 1.29 is 33.5 Å². The van der Waals surface area contributed by atoms with Crippen LogP contribution in [0.5, 0.6) is 0 Å². The van der Waals surface area contributed by atoms with Gasteiger partial charge in [0.1, 0.15) is 17.5 Å². The number of carbonyl (C=O) groups is 6. The second kappa shape index (κ2) is 18.2. The molecular weight excluding hydrogens is 799 g/mol. The van der Waals surface area contributed by atoms with Gasteiger partial charge in [-0.3, -0.25) is 53.2 Å². The third-order valence-electron chi connectivity index (χ3n) is 11.9. The molecule has 1 aromatic carbocycles. The van der Waals surface area contributed by atoms with Gasteiger partial charge in [0.05, 0.1) is 48.3 Å². The number of amides is 5. The number of nitrogens with zero attached hydrogens (tertiary/aromatic N) is 7. The summed E-state index contributed by atoms with van der Waals surface area (Å²) in [7, 11) is 0. The normalized spacial score (nSPS) is 18.3. The number of Topliss-reactive ketones (excluding diaryl/α,β-unsaturated/α-hetero) is 1. The highest BCUT2D eigenvalue weighted by Gasteiger charge is 2.45. The maximum absolute atomic E-state index is 13.6. The Morgan fingerprint density at radius 2 is 1.68 bits per heavy atom. The fraction of sp³-hybridized carbons (Fsp3) is 0.442. The first-order valence-electron chi connectivity index (χ1n) is 21.0. The van der Waals surface area contributed by atoms with E-state index in [2.05, 4.69) is 41.0 Å². The Morgan fingerprint density at radius 3 is 2.40 bits per heavy atom. The number of anilines is 4. The number of rotatable bonds is 15. The third kappa shape index (κ3) is 8.62. The van der Waals surface area contributed by atoms with Crippen LogP contribution < -0.4 is 31.7 Å². The summed E-state index contributed by atoms with van der Waals surface area (Å²) in [5.74, 6) is -1.76. The predicted molar refractivity (Wildman–Crippen MR) is 228 cm³/mol. The minimum Gasteiger partial charge on any atom is -0.382 e. The van der Waals surface area contributed by atoms with E-state index >= 15 is 0 Å².